The van der Waals surface area contributed by atoms with Crippen LogP contribution in [0.5, 0.6) is 0 Å². The van der Waals surface area contributed by atoms with E-state index in [1.165, 1.54) is 6.42 Å². The monoisotopic (exact) mass is 210 g/mol. The zero-order valence-electron chi connectivity index (χ0n) is 9.99. The number of nitrogens with one attached hydrogen (secondary N) is 1. The Balaban J connectivity index is 1.83. The summed E-state index contributed by atoms with van der Waals surface area (Å²) in [5, 5.41) is 3.29. The van der Waals surface area contributed by atoms with Gasteiger partial charge in [0.15, 0.2) is 0 Å². The second kappa shape index (κ2) is 4.12. The second-order valence-electron chi connectivity index (χ2n) is 5.43. The average Bonchev–Trinajstić information content (AvgIpc) is 2.72. The summed E-state index contributed by atoms with van der Waals surface area (Å²) in [5.41, 5.74) is 0. The van der Waals surface area contributed by atoms with Crippen LogP contribution >= 0.6 is 0 Å². The molecule has 2 aliphatic rings. The van der Waals surface area contributed by atoms with E-state index in [1.54, 1.807) is 0 Å². The van der Waals surface area contributed by atoms with Crippen molar-refractivity contribution < 1.29 is 4.79 Å². The van der Waals surface area contributed by atoms with Crippen LogP contribution < -0.4 is 5.32 Å². The van der Waals surface area contributed by atoms with Gasteiger partial charge in [-0.15, -0.1) is 0 Å². The fourth-order valence-corrected chi connectivity index (χ4v) is 2.52. The molecular weight excluding hydrogens is 188 g/mol. The summed E-state index contributed by atoms with van der Waals surface area (Å²) in [4.78, 5) is 14.1. The van der Waals surface area contributed by atoms with Crippen molar-refractivity contribution in [3.8, 4) is 0 Å². The first-order chi connectivity index (χ1) is 7.09. The molecule has 0 aromatic rings. The van der Waals surface area contributed by atoms with Crippen molar-refractivity contribution in [3.05, 3.63) is 0 Å². The molecule has 1 amide bonds. The second-order valence-corrected chi connectivity index (χ2v) is 5.43. The van der Waals surface area contributed by atoms with E-state index in [0.717, 1.165) is 31.5 Å². The smallest absolute Gasteiger partial charge is 0.227 e. The molecule has 1 saturated heterocycles. The molecular formula is C12H22N2O. The number of hydrogen-bond donors (Lipinski definition) is 1. The van der Waals surface area contributed by atoms with Crippen molar-refractivity contribution >= 4 is 5.91 Å². The third-order valence-corrected chi connectivity index (χ3v) is 4.00. The van der Waals surface area contributed by atoms with Crippen molar-refractivity contribution in [2.24, 2.45) is 23.7 Å². The molecule has 0 radical (unpaired) electrons. The molecule has 1 aliphatic carbocycles. The molecule has 0 aromatic heterocycles. The van der Waals surface area contributed by atoms with Crippen molar-refractivity contribution in [2.75, 3.05) is 26.7 Å². The third-order valence-electron chi connectivity index (χ3n) is 4.00. The van der Waals surface area contributed by atoms with Crippen LogP contribution in [0.15, 0.2) is 0 Å². The molecule has 2 fully saturated rings. The van der Waals surface area contributed by atoms with Crippen molar-refractivity contribution in [1.29, 1.82) is 0 Å². The summed E-state index contributed by atoms with van der Waals surface area (Å²) in [6, 6.07) is 0. The minimum absolute atomic E-state index is 0.212. The van der Waals surface area contributed by atoms with Crippen molar-refractivity contribution in [3.63, 3.8) is 0 Å². The fourth-order valence-electron chi connectivity index (χ4n) is 2.52. The van der Waals surface area contributed by atoms with Crippen LogP contribution in [0, 0.1) is 23.7 Å². The van der Waals surface area contributed by atoms with Gasteiger partial charge in [-0.05, 0) is 30.7 Å². The van der Waals surface area contributed by atoms with Gasteiger partial charge in [0.2, 0.25) is 5.91 Å². The lowest BCUT2D eigenvalue weighted by atomic mass is 9.97. The van der Waals surface area contributed by atoms with E-state index in [-0.39, 0.29) is 5.92 Å². The highest BCUT2D eigenvalue weighted by molar-refractivity contribution is 5.79. The van der Waals surface area contributed by atoms with E-state index in [2.05, 4.69) is 19.2 Å². The fraction of sp³-hybridized carbons (Fsp3) is 0.917. The summed E-state index contributed by atoms with van der Waals surface area (Å²) in [6.45, 7) is 7.25. The van der Waals surface area contributed by atoms with Gasteiger partial charge in [-0.1, -0.05) is 13.8 Å². The predicted octanol–water partition coefficient (Wildman–Crippen LogP) is 0.956. The Hall–Kier alpha value is -0.570. The van der Waals surface area contributed by atoms with Gasteiger partial charge in [0, 0.05) is 20.1 Å². The van der Waals surface area contributed by atoms with Gasteiger partial charge >= 0.3 is 0 Å². The van der Waals surface area contributed by atoms with Crippen molar-refractivity contribution in [2.45, 2.75) is 20.3 Å². The van der Waals surface area contributed by atoms with Crippen LogP contribution in [0.3, 0.4) is 0 Å². The number of nitrogens with zero attached hydrogens (tertiary/aromatic N) is 1. The van der Waals surface area contributed by atoms with Gasteiger partial charge in [-0.25, -0.2) is 0 Å². The Morgan fingerprint density at radius 1 is 1.33 bits per heavy atom. The molecule has 4 unspecified atom stereocenters. The highest BCUT2D eigenvalue weighted by Gasteiger charge is 2.37. The zero-order valence-corrected chi connectivity index (χ0v) is 9.99. The maximum Gasteiger partial charge on any atom is 0.227 e. The van der Waals surface area contributed by atoms with Gasteiger partial charge in [-0.3, -0.25) is 4.79 Å². The van der Waals surface area contributed by atoms with E-state index in [0.29, 0.717) is 11.8 Å². The van der Waals surface area contributed by atoms with Gasteiger partial charge < -0.3 is 10.2 Å². The predicted molar refractivity (Wildman–Crippen MR) is 60.4 cm³/mol. The molecule has 15 heavy (non-hydrogen) atoms. The lowest BCUT2D eigenvalue weighted by Crippen LogP contribution is -2.37. The summed E-state index contributed by atoms with van der Waals surface area (Å²) in [7, 11) is 1.96. The molecule has 86 valence electrons. The van der Waals surface area contributed by atoms with Crippen LogP contribution in [0.25, 0.3) is 0 Å². The van der Waals surface area contributed by atoms with Crippen LogP contribution in [0.2, 0.25) is 0 Å². The van der Waals surface area contributed by atoms with Crippen molar-refractivity contribution in [1.82, 2.24) is 10.2 Å². The maximum absolute atomic E-state index is 12.1. The maximum atomic E-state index is 12.1. The van der Waals surface area contributed by atoms with Crippen LogP contribution in [0.1, 0.15) is 20.3 Å². The largest absolute Gasteiger partial charge is 0.345 e. The minimum Gasteiger partial charge on any atom is -0.345 e. The van der Waals surface area contributed by atoms with E-state index in [1.807, 2.05) is 11.9 Å². The number of carbonyl (C=O) groups is 1. The average molecular weight is 210 g/mol. The summed E-state index contributed by atoms with van der Waals surface area (Å²) in [6.07, 6.45) is 1.30. The molecule has 1 saturated carbocycles. The van der Waals surface area contributed by atoms with Gasteiger partial charge in [-0.2, -0.15) is 0 Å². The molecule has 1 aliphatic heterocycles. The SMILES string of the molecule is CC1CC1CN(C)C(=O)C1CNCC1C. The zero-order chi connectivity index (χ0) is 11.0. The topological polar surface area (TPSA) is 32.3 Å². The van der Waals surface area contributed by atoms with Crippen LogP contribution in [-0.4, -0.2) is 37.5 Å². The van der Waals surface area contributed by atoms with E-state index < -0.39 is 0 Å². The van der Waals surface area contributed by atoms with E-state index in [9.17, 15) is 4.79 Å². The Kier molecular flexibility index (Phi) is 3.01. The minimum atomic E-state index is 0.212. The molecule has 0 spiro atoms. The van der Waals surface area contributed by atoms with Gasteiger partial charge in [0.05, 0.1) is 5.92 Å². The van der Waals surface area contributed by atoms with E-state index >= 15 is 0 Å². The Labute approximate surface area is 92.2 Å². The summed E-state index contributed by atoms with van der Waals surface area (Å²) >= 11 is 0. The number of carbonyl (C=O) groups excluding carboxylic acids is 1. The molecule has 0 aromatic carbocycles. The third kappa shape index (κ3) is 2.33. The molecule has 3 nitrogen and oxygen atoms in total. The van der Waals surface area contributed by atoms with Gasteiger partial charge in [0.25, 0.3) is 0 Å². The summed E-state index contributed by atoms with van der Waals surface area (Å²) < 4.78 is 0. The highest BCUT2D eigenvalue weighted by atomic mass is 16.2. The molecule has 4 atom stereocenters. The molecule has 0 bridgehead atoms. The highest BCUT2D eigenvalue weighted by Crippen LogP contribution is 2.38. The van der Waals surface area contributed by atoms with Gasteiger partial charge in [0.1, 0.15) is 0 Å². The molecule has 1 heterocycles. The first-order valence-electron chi connectivity index (χ1n) is 6.05. The quantitative estimate of drug-likeness (QED) is 0.752. The van der Waals surface area contributed by atoms with Crippen LogP contribution in [-0.2, 0) is 4.79 Å². The lowest BCUT2D eigenvalue weighted by molar-refractivity contribution is -0.134. The number of rotatable bonds is 3. The molecule has 2 rings (SSSR count). The van der Waals surface area contributed by atoms with E-state index in [4.69, 9.17) is 0 Å². The Morgan fingerprint density at radius 2 is 2.00 bits per heavy atom. The first kappa shape index (κ1) is 10.9. The Bertz CT molecular complexity index is 254. The number of amides is 1. The first-order valence-corrected chi connectivity index (χ1v) is 6.05. The number of hydrogen-bond acceptors (Lipinski definition) is 2. The Morgan fingerprint density at radius 3 is 2.47 bits per heavy atom. The summed E-state index contributed by atoms with van der Waals surface area (Å²) in [5.74, 6) is 2.65. The lowest BCUT2D eigenvalue weighted by Gasteiger charge is -2.22. The standard InChI is InChI=1S/C12H22N2O/c1-8-4-10(8)7-14(3)12(15)11-6-13-5-9(11)2/h8-11,13H,4-7H2,1-3H3. The van der Waals surface area contributed by atoms with Crippen LogP contribution in [0.4, 0.5) is 0 Å². The molecule has 1 N–H and O–H groups in total. The normalized spacial score (nSPS) is 39.1. The molecule has 3 heteroatoms.